The fraction of sp³-hybridized carbons (Fsp3) is 0.308. The highest BCUT2D eigenvalue weighted by Gasteiger charge is 2.18. The molecule has 3 aromatic carbocycles. The summed E-state index contributed by atoms with van der Waals surface area (Å²) in [5.41, 5.74) is 8.04. The molecule has 27 heavy (non-hydrogen) atoms. The SMILES string of the molecule is CC(C)(C)c1ccc(-c2cccc([SH2+])c2-c2ccc(C(C)(C)C)cc2)cc1. The van der Waals surface area contributed by atoms with E-state index in [0.717, 1.165) is 4.90 Å². The van der Waals surface area contributed by atoms with Crippen LogP contribution in [0.3, 0.4) is 0 Å². The quantitative estimate of drug-likeness (QED) is 0.424. The lowest BCUT2D eigenvalue weighted by Gasteiger charge is -2.20. The Morgan fingerprint density at radius 2 is 1.00 bits per heavy atom. The molecule has 0 aliphatic carbocycles. The van der Waals surface area contributed by atoms with E-state index in [1.54, 1.807) is 0 Å². The molecule has 3 rings (SSSR count). The second-order valence-corrected chi connectivity index (χ2v) is 9.92. The average Bonchev–Trinajstić information content (AvgIpc) is 2.60. The van der Waals surface area contributed by atoms with Crippen LogP contribution in [0, 0.1) is 0 Å². The average molecular weight is 376 g/mol. The van der Waals surface area contributed by atoms with Gasteiger partial charge in [-0.15, -0.1) is 0 Å². The lowest BCUT2D eigenvalue weighted by molar-refractivity contribution is 0.590. The maximum Gasteiger partial charge on any atom is 0.158 e. The minimum atomic E-state index is 0.164. The predicted octanol–water partition coefficient (Wildman–Crippen LogP) is 6.99. The van der Waals surface area contributed by atoms with Gasteiger partial charge in [0.25, 0.3) is 0 Å². The predicted molar refractivity (Wildman–Crippen MR) is 123 cm³/mol. The summed E-state index contributed by atoms with van der Waals surface area (Å²) in [5, 5.41) is 0. The monoisotopic (exact) mass is 375 g/mol. The van der Waals surface area contributed by atoms with Crippen LogP contribution in [-0.2, 0) is 23.5 Å². The fourth-order valence-corrected chi connectivity index (χ4v) is 3.77. The maximum atomic E-state index is 3.84. The van der Waals surface area contributed by atoms with E-state index in [4.69, 9.17) is 0 Å². The molecule has 0 radical (unpaired) electrons. The summed E-state index contributed by atoms with van der Waals surface area (Å²) in [6, 6.07) is 24.4. The van der Waals surface area contributed by atoms with Gasteiger partial charge >= 0.3 is 0 Å². The third kappa shape index (κ3) is 4.30. The molecule has 0 heterocycles. The van der Waals surface area contributed by atoms with Gasteiger partial charge in [-0.3, -0.25) is 0 Å². The van der Waals surface area contributed by atoms with Crippen LogP contribution in [0.2, 0.25) is 0 Å². The Kier molecular flexibility index (Phi) is 5.27. The van der Waals surface area contributed by atoms with Crippen molar-refractivity contribution >= 4 is 12.6 Å². The molecular formula is C26H31S+. The van der Waals surface area contributed by atoms with E-state index in [2.05, 4.69) is 121 Å². The Bertz CT molecular complexity index is 918. The molecule has 0 nitrogen and oxygen atoms in total. The molecule has 0 unspecified atom stereocenters. The first kappa shape index (κ1) is 19.8. The number of hydrogen-bond donors (Lipinski definition) is 0. The molecule has 0 aromatic heterocycles. The molecule has 3 aromatic rings. The van der Waals surface area contributed by atoms with Gasteiger partial charge in [-0.05, 0) is 57.3 Å². The standard InChI is InChI=1S/C26H30S/c1-25(2,3)20-14-10-18(11-15-20)22-8-7-9-23(27)24(22)19-12-16-21(17-13-19)26(4,5)6/h7-17,27H,1-6H3/p+1. The highest BCUT2D eigenvalue weighted by atomic mass is 32.1. The normalized spacial score (nSPS) is 12.3. The lowest BCUT2D eigenvalue weighted by atomic mass is 9.84. The molecule has 1 heteroatoms. The van der Waals surface area contributed by atoms with Gasteiger partial charge in [0.2, 0.25) is 0 Å². The highest BCUT2D eigenvalue weighted by molar-refractivity contribution is 7.59. The zero-order valence-electron chi connectivity index (χ0n) is 17.4. The van der Waals surface area contributed by atoms with Crippen molar-refractivity contribution in [3.8, 4) is 22.3 Å². The van der Waals surface area contributed by atoms with Crippen LogP contribution < -0.4 is 0 Å². The number of benzene rings is 3. The zero-order valence-corrected chi connectivity index (χ0v) is 18.4. The molecule has 0 spiro atoms. The topological polar surface area (TPSA) is 0 Å². The largest absolute Gasteiger partial charge is 0.158 e. The van der Waals surface area contributed by atoms with Gasteiger partial charge in [0.15, 0.2) is 4.90 Å². The van der Waals surface area contributed by atoms with Crippen molar-refractivity contribution in [2.45, 2.75) is 57.3 Å². The summed E-state index contributed by atoms with van der Waals surface area (Å²) in [5.74, 6) is 0. The molecule has 0 aliphatic rings. The van der Waals surface area contributed by atoms with Crippen molar-refractivity contribution in [3.05, 3.63) is 77.9 Å². The van der Waals surface area contributed by atoms with E-state index in [1.165, 1.54) is 33.4 Å². The molecule has 0 saturated carbocycles. The first-order chi connectivity index (χ1) is 12.6. The molecule has 0 N–H and O–H groups in total. The van der Waals surface area contributed by atoms with Gasteiger partial charge in [0, 0.05) is 5.56 Å². The molecule has 0 atom stereocenters. The molecule has 0 saturated heterocycles. The molecule has 0 fully saturated rings. The first-order valence-electron chi connectivity index (χ1n) is 9.64. The van der Waals surface area contributed by atoms with Gasteiger partial charge < -0.3 is 0 Å². The Hall–Kier alpha value is -1.99. The third-order valence-corrected chi connectivity index (χ3v) is 5.58. The first-order valence-corrected chi connectivity index (χ1v) is 10.1. The van der Waals surface area contributed by atoms with Crippen LogP contribution in [0.1, 0.15) is 52.7 Å². The van der Waals surface area contributed by atoms with Gasteiger partial charge in [0.1, 0.15) is 0 Å². The van der Waals surface area contributed by atoms with Crippen LogP contribution >= 0.6 is 0 Å². The summed E-state index contributed by atoms with van der Waals surface area (Å²) >= 11 is 3.84. The van der Waals surface area contributed by atoms with Crippen molar-refractivity contribution in [2.75, 3.05) is 0 Å². The van der Waals surface area contributed by atoms with Crippen molar-refractivity contribution in [2.24, 2.45) is 0 Å². The van der Waals surface area contributed by atoms with E-state index in [-0.39, 0.29) is 10.8 Å². The zero-order chi connectivity index (χ0) is 19.8. The minimum Gasteiger partial charge on any atom is -0.0579 e. The van der Waals surface area contributed by atoms with Crippen LogP contribution in [0.25, 0.3) is 22.3 Å². The van der Waals surface area contributed by atoms with Crippen molar-refractivity contribution in [3.63, 3.8) is 0 Å². The van der Waals surface area contributed by atoms with E-state index in [1.807, 2.05) is 0 Å². The molecular weight excluding hydrogens is 344 g/mol. The van der Waals surface area contributed by atoms with Crippen molar-refractivity contribution in [1.29, 1.82) is 0 Å². The summed E-state index contributed by atoms with van der Waals surface area (Å²) in [7, 11) is 0. The van der Waals surface area contributed by atoms with E-state index in [0.29, 0.717) is 0 Å². The smallest absolute Gasteiger partial charge is 0.0579 e. The molecule has 0 amide bonds. The van der Waals surface area contributed by atoms with E-state index in [9.17, 15) is 0 Å². The van der Waals surface area contributed by atoms with Crippen LogP contribution in [0.5, 0.6) is 0 Å². The van der Waals surface area contributed by atoms with Gasteiger partial charge in [0.05, 0.1) is 0 Å². The fourth-order valence-electron chi connectivity index (χ4n) is 3.39. The summed E-state index contributed by atoms with van der Waals surface area (Å²) < 4.78 is 0. The van der Waals surface area contributed by atoms with Crippen molar-refractivity contribution < 1.29 is 0 Å². The molecule has 0 bridgehead atoms. The summed E-state index contributed by atoms with van der Waals surface area (Å²) in [6.45, 7) is 13.5. The van der Waals surface area contributed by atoms with E-state index < -0.39 is 0 Å². The Morgan fingerprint density at radius 3 is 1.44 bits per heavy atom. The molecule has 140 valence electrons. The Balaban J connectivity index is 2.08. The van der Waals surface area contributed by atoms with Crippen LogP contribution in [0.4, 0.5) is 0 Å². The van der Waals surface area contributed by atoms with Crippen LogP contribution in [0.15, 0.2) is 71.6 Å². The number of rotatable bonds is 2. The van der Waals surface area contributed by atoms with Gasteiger partial charge in [-0.1, -0.05) is 102 Å². The third-order valence-electron chi connectivity index (χ3n) is 5.17. The minimum absolute atomic E-state index is 0.164. The summed E-state index contributed by atoms with van der Waals surface area (Å²) in [6.07, 6.45) is 0. The maximum absolute atomic E-state index is 3.84. The van der Waals surface area contributed by atoms with Crippen molar-refractivity contribution in [1.82, 2.24) is 0 Å². The van der Waals surface area contributed by atoms with Gasteiger partial charge in [-0.2, -0.15) is 0 Å². The Labute approximate surface area is 170 Å². The molecule has 0 aliphatic heterocycles. The second kappa shape index (κ2) is 7.20. The highest BCUT2D eigenvalue weighted by Crippen LogP contribution is 2.37. The number of hydrogen-bond acceptors (Lipinski definition) is 0. The second-order valence-electron chi connectivity index (χ2n) is 9.38. The lowest BCUT2D eigenvalue weighted by Crippen LogP contribution is -2.10. The van der Waals surface area contributed by atoms with Crippen LogP contribution in [-0.4, -0.2) is 0 Å². The summed E-state index contributed by atoms with van der Waals surface area (Å²) in [4.78, 5) is 1.12. The van der Waals surface area contributed by atoms with Gasteiger partial charge in [-0.25, -0.2) is 0 Å². The Morgan fingerprint density at radius 1 is 0.556 bits per heavy atom. The van der Waals surface area contributed by atoms with E-state index >= 15 is 0 Å².